The highest BCUT2D eigenvalue weighted by Crippen LogP contribution is 2.41. The molecule has 2 atom stereocenters. The van der Waals surface area contributed by atoms with Gasteiger partial charge >= 0.3 is 5.97 Å². The standard InChI is InChI=1S/C16H20ClNO3/c1-20-15(19)4-2-3-11-7-12(5-6-14(11)17)16-8-13(9-21-16)18-10-16/h5-7,13,18H,2-4,8-10H2,1H3. The summed E-state index contributed by atoms with van der Waals surface area (Å²) in [5.74, 6) is -0.178. The molecule has 4 nitrogen and oxygen atoms in total. The summed E-state index contributed by atoms with van der Waals surface area (Å²) in [5.41, 5.74) is 2.07. The Bertz CT molecular complexity index is 538. The fourth-order valence-electron chi connectivity index (χ4n) is 3.22. The third-order valence-electron chi connectivity index (χ3n) is 4.44. The monoisotopic (exact) mass is 309 g/mol. The van der Waals surface area contributed by atoms with Crippen LogP contribution in [0, 0.1) is 0 Å². The fraction of sp³-hybridized carbons (Fsp3) is 0.562. The zero-order valence-corrected chi connectivity index (χ0v) is 12.9. The van der Waals surface area contributed by atoms with E-state index >= 15 is 0 Å². The van der Waals surface area contributed by atoms with E-state index in [1.165, 1.54) is 12.7 Å². The molecule has 2 heterocycles. The maximum Gasteiger partial charge on any atom is 0.305 e. The van der Waals surface area contributed by atoms with Crippen LogP contribution in [0.2, 0.25) is 5.02 Å². The Morgan fingerprint density at radius 2 is 2.43 bits per heavy atom. The molecule has 1 aromatic rings. The van der Waals surface area contributed by atoms with Crippen molar-refractivity contribution in [3.05, 3.63) is 34.3 Å². The number of morpholine rings is 1. The number of hydrogen-bond acceptors (Lipinski definition) is 4. The number of hydrogen-bond donors (Lipinski definition) is 1. The van der Waals surface area contributed by atoms with Crippen LogP contribution in [-0.4, -0.2) is 32.3 Å². The molecule has 1 N–H and O–H groups in total. The van der Waals surface area contributed by atoms with E-state index in [1.807, 2.05) is 6.07 Å². The smallest absolute Gasteiger partial charge is 0.305 e. The molecular formula is C16H20ClNO3. The highest BCUT2D eigenvalue weighted by atomic mass is 35.5. The molecule has 0 radical (unpaired) electrons. The zero-order chi connectivity index (χ0) is 14.9. The van der Waals surface area contributed by atoms with Gasteiger partial charge in [-0.15, -0.1) is 0 Å². The predicted octanol–water partition coefficient (Wildman–Crippen LogP) is 2.42. The average Bonchev–Trinajstić information content (AvgIpc) is 3.10. The van der Waals surface area contributed by atoms with Crippen LogP contribution in [0.15, 0.2) is 18.2 Å². The first-order valence-electron chi connectivity index (χ1n) is 7.36. The van der Waals surface area contributed by atoms with Crippen molar-refractivity contribution in [2.45, 2.75) is 37.3 Å². The van der Waals surface area contributed by atoms with E-state index < -0.39 is 0 Å². The van der Waals surface area contributed by atoms with E-state index in [4.69, 9.17) is 16.3 Å². The molecule has 2 aliphatic heterocycles. The number of rotatable bonds is 5. The van der Waals surface area contributed by atoms with Gasteiger partial charge in [-0.2, -0.15) is 0 Å². The summed E-state index contributed by atoms with van der Waals surface area (Å²) in [5, 5.41) is 4.23. The molecule has 3 rings (SSSR count). The number of carbonyl (C=O) groups is 1. The van der Waals surface area contributed by atoms with Crippen molar-refractivity contribution < 1.29 is 14.3 Å². The number of ether oxygens (including phenoxy) is 2. The summed E-state index contributed by atoms with van der Waals surface area (Å²) in [4.78, 5) is 11.2. The number of benzene rings is 1. The number of carbonyl (C=O) groups excluding carboxylic acids is 1. The lowest BCUT2D eigenvalue weighted by molar-refractivity contribution is -0.140. The van der Waals surface area contributed by atoms with Crippen LogP contribution in [-0.2, 0) is 26.3 Å². The van der Waals surface area contributed by atoms with Crippen LogP contribution >= 0.6 is 11.6 Å². The number of methoxy groups -OCH3 is 1. The third-order valence-corrected chi connectivity index (χ3v) is 4.81. The normalized spacial score (nSPS) is 27.0. The molecule has 2 saturated heterocycles. The fourth-order valence-corrected chi connectivity index (χ4v) is 3.43. The molecular weight excluding hydrogens is 290 g/mol. The maximum atomic E-state index is 11.2. The Balaban J connectivity index is 1.72. The summed E-state index contributed by atoms with van der Waals surface area (Å²) < 4.78 is 10.7. The van der Waals surface area contributed by atoms with Gasteiger partial charge in [-0.05, 0) is 36.5 Å². The molecule has 0 saturated carbocycles. The SMILES string of the molecule is COC(=O)CCCc1cc(C23CNC(CO2)C3)ccc1Cl. The summed E-state index contributed by atoms with van der Waals surface area (Å²) in [6.45, 7) is 1.64. The molecule has 0 aliphatic carbocycles. The maximum absolute atomic E-state index is 11.2. The lowest BCUT2D eigenvalue weighted by atomic mass is 9.91. The predicted molar refractivity (Wildman–Crippen MR) is 80.4 cm³/mol. The van der Waals surface area contributed by atoms with Gasteiger partial charge in [-0.25, -0.2) is 0 Å². The first kappa shape index (κ1) is 14.8. The summed E-state index contributed by atoms with van der Waals surface area (Å²) in [6, 6.07) is 6.61. The van der Waals surface area contributed by atoms with Crippen LogP contribution in [0.5, 0.6) is 0 Å². The second-order valence-corrected chi connectivity index (χ2v) is 6.23. The zero-order valence-electron chi connectivity index (χ0n) is 12.2. The van der Waals surface area contributed by atoms with Crippen LogP contribution < -0.4 is 5.32 Å². The van der Waals surface area contributed by atoms with Crippen LogP contribution in [0.4, 0.5) is 0 Å². The first-order chi connectivity index (χ1) is 10.1. The van der Waals surface area contributed by atoms with Crippen molar-refractivity contribution in [1.82, 2.24) is 5.32 Å². The van der Waals surface area contributed by atoms with E-state index in [0.717, 1.165) is 43.0 Å². The number of fused-ring (bicyclic) bond motifs is 2. The summed E-state index contributed by atoms with van der Waals surface area (Å²) in [6.07, 6.45) is 2.96. The number of aryl methyl sites for hydroxylation is 1. The van der Waals surface area contributed by atoms with E-state index in [9.17, 15) is 4.79 Å². The lowest BCUT2D eigenvalue weighted by Crippen LogP contribution is -2.37. The van der Waals surface area contributed by atoms with E-state index in [1.54, 1.807) is 0 Å². The minimum atomic E-state index is -0.188. The van der Waals surface area contributed by atoms with Crippen molar-refractivity contribution in [3.8, 4) is 0 Å². The minimum absolute atomic E-state index is 0.178. The molecule has 2 aliphatic rings. The van der Waals surface area contributed by atoms with Gasteiger partial charge in [0.2, 0.25) is 0 Å². The Hall–Kier alpha value is -1.10. The van der Waals surface area contributed by atoms with Gasteiger partial charge in [-0.3, -0.25) is 4.79 Å². The second-order valence-electron chi connectivity index (χ2n) is 5.82. The summed E-state index contributed by atoms with van der Waals surface area (Å²) in [7, 11) is 1.41. The van der Waals surface area contributed by atoms with Crippen molar-refractivity contribution in [3.63, 3.8) is 0 Å². The highest BCUT2D eigenvalue weighted by molar-refractivity contribution is 6.31. The van der Waals surface area contributed by atoms with Gasteiger partial charge < -0.3 is 14.8 Å². The van der Waals surface area contributed by atoms with E-state index in [-0.39, 0.29) is 11.6 Å². The van der Waals surface area contributed by atoms with Gasteiger partial charge in [-0.1, -0.05) is 23.7 Å². The second kappa shape index (κ2) is 5.95. The average molecular weight is 310 g/mol. The number of nitrogens with one attached hydrogen (secondary N) is 1. The number of halogens is 1. The molecule has 2 fully saturated rings. The highest BCUT2D eigenvalue weighted by Gasteiger charge is 2.47. The molecule has 114 valence electrons. The Labute approximate surface area is 129 Å². The Kier molecular flexibility index (Phi) is 4.20. The molecule has 1 aromatic carbocycles. The van der Waals surface area contributed by atoms with Gasteiger partial charge in [0, 0.05) is 24.0 Å². The van der Waals surface area contributed by atoms with Crippen LogP contribution in [0.1, 0.15) is 30.4 Å². The largest absolute Gasteiger partial charge is 0.469 e. The Morgan fingerprint density at radius 3 is 3.05 bits per heavy atom. The molecule has 21 heavy (non-hydrogen) atoms. The first-order valence-corrected chi connectivity index (χ1v) is 7.74. The van der Waals surface area contributed by atoms with Gasteiger partial charge in [0.05, 0.1) is 13.7 Å². The molecule has 0 aromatic heterocycles. The molecule has 2 bridgehead atoms. The number of esters is 1. The lowest BCUT2D eigenvalue weighted by Gasteiger charge is -2.28. The van der Waals surface area contributed by atoms with E-state index in [2.05, 4.69) is 22.2 Å². The Morgan fingerprint density at radius 1 is 1.57 bits per heavy atom. The third kappa shape index (κ3) is 2.93. The van der Waals surface area contributed by atoms with Gasteiger partial charge in [0.15, 0.2) is 0 Å². The molecule has 0 spiro atoms. The van der Waals surface area contributed by atoms with Gasteiger partial charge in [0.1, 0.15) is 5.60 Å². The van der Waals surface area contributed by atoms with Crippen LogP contribution in [0.3, 0.4) is 0 Å². The van der Waals surface area contributed by atoms with Gasteiger partial charge in [0.25, 0.3) is 0 Å². The van der Waals surface area contributed by atoms with Crippen molar-refractivity contribution in [1.29, 1.82) is 0 Å². The van der Waals surface area contributed by atoms with E-state index in [0.29, 0.717) is 12.5 Å². The minimum Gasteiger partial charge on any atom is -0.469 e. The topological polar surface area (TPSA) is 47.6 Å². The molecule has 5 heteroatoms. The quantitative estimate of drug-likeness (QED) is 0.849. The van der Waals surface area contributed by atoms with Crippen molar-refractivity contribution in [2.24, 2.45) is 0 Å². The summed E-state index contributed by atoms with van der Waals surface area (Å²) >= 11 is 6.28. The molecule has 0 amide bonds. The molecule has 2 unspecified atom stereocenters. The van der Waals surface area contributed by atoms with Crippen LogP contribution in [0.25, 0.3) is 0 Å². The van der Waals surface area contributed by atoms with Crippen molar-refractivity contribution in [2.75, 3.05) is 20.3 Å². The van der Waals surface area contributed by atoms with Crippen molar-refractivity contribution >= 4 is 17.6 Å².